The smallest absolute Gasteiger partial charge is 0.251 e. The minimum absolute atomic E-state index is 0.162. The fraction of sp³-hybridized carbons (Fsp3) is 0.300. The summed E-state index contributed by atoms with van der Waals surface area (Å²) in [7, 11) is 0. The first-order valence-corrected chi connectivity index (χ1v) is 4.26. The van der Waals surface area contributed by atoms with Crippen molar-refractivity contribution in [2.24, 2.45) is 0 Å². The monoisotopic (exact) mass is 179 g/mol. The summed E-state index contributed by atoms with van der Waals surface area (Å²) in [5.41, 5.74) is 1.61. The van der Waals surface area contributed by atoms with E-state index < -0.39 is 6.67 Å². The Morgan fingerprint density at radius 2 is 2.23 bits per heavy atom. The molecular formula is C10H10FNO. The molecule has 68 valence electrons. The van der Waals surface area contributed by atoms with E-state index in [1.807, 2.05) is 18.2 Å². The summed E-state index contributed by atoms with van der Waals surface area (Å²) in [6.07, 6.45) is 0.596. The Kier molecular flexibility index (Phi) is 2.00. The van der Waals surface area contributed by atoms with Crippen molar-refractivity contribution in [3.63, 3.8) is 0 Å². The highest BCUT2D eigenvalue weighted by atomic mass is 19.1. The van der Waals surface area contributed by atoms with Gasteiger partial charge in [0.1, 0.15) is 6.67 Å². The van der Waals surface area contributed by atoms with E-state index in [-0.39, 0.29) is 11.9 Å². The highest BCUT2D eigenvalue weighted by molar-refractivity contribution is 5.96. The van der Waals surface area contributed by atoms with Crippen LogP contribution in [-0.4, -0.2) is 18.6 Å². The second-order valence-corrected chi connectivity index (χ2v) is 3.19. The fourth-order valence-electron chi connectivity index (χ4n) is 1.59. The van der Waals surface area contributed by atoms with Crippen LogP contribution in [0.4, 0.5) is 4.39 Å². The number of hydrogen-bond acceptors (Lipinski definition) is 1. The first-order valence-electron chi connectivity index (χ1n) is 4.26. The lowest BCUT2D eigenvalue weighted by Gasteiger charge is -2.22. The zero-order chi connectivity index (χ0) is 9.26. The minimum atomic E-state index is -0.500. The van der Waals surface area contributed by atoms with Crippen LogP contribution in [0.2, 0.25) is 0 Å². The molecule has 0 spiro atoms. The normalized spacial score (nSPS) is 20.7. The molecule has 0 saturated carbocycles. The average Bonchev–Trinajstić information content (AvgIpc) is 2.18. The van der Waals surface area contributed by atoms with Gasteiger partial charge >= 0.3 is 0 Å². The maximum atomic E-state index is 12.3. The van der Waals surface area contributed by atoms with Crippen LogP contribution in [0.1, 0.15) is 15.9 Å². The third-order valence-electron chi connectivity index (χ3n) is 2.25. The molecule has 0 aromatic heterocycles. The molecule has 1 atom stereocenters. The number of hydrogen-bond donors (Lipinski definition) is 1. The molecule has 0 bridgehead atoms. The number of carbonyl (C=O) groups excluding carboxylic acids is 1. The molecule has 0 saturated heterocycles. The Hall–Kier alpha value is -1.38. The molecule has 0 aliphatic carbocycles. The van der Waals surface area contributed by atoms with Crippen LogP contribution in [0.3, 0.4) is 0 Å². The van der Waals surface area contributed by atoms with E-state index in [9.17, 15) is 9.18 Å². The molecule has 0 radical (unpaired) electrons. The van der Waals surface area contributed by atoms with Gasteiger partial charge in [0.15, 0.2) is 0 Å². The van der Waals surface area contributed by atoms with Crippen LogP contribution in [0.5, 0.6) is 0 Å². The van der Waals surface area contributed by atoms with Gasteiger partial charge in [-0.05, 0) is 18.1 Å². The number of fused-ring (bicyclic) bond motifs is 1. The largest absolute Gasteiger partial charge is 0.346 e. The third kappa shape index (κ3) is 1.41. The van der Waals surface area contributed by atoms with E-state index in [4.69, 9.17) is 0 Å². The Balaban J connectivity index is 2.37. The SMILES string of the molecule is O=C1N[C@H](CF)Cc2ccccc21. The Morgan fingerprint density at radius 1 is 1.46 bits per heavy atom. The Labute approximate surface area is 75.8 Å². The third-order valence-corrected chi connectivity index (χ3v) is 2.25. The number of rotatable bonds is 1. The summed E-state index contributed by atoms with van der Waals surface area (Å²) in [6.45, 7) is -0.500. The fourth-order valence-corrected chi connectivity index (χ4v) is 1.59. The van der Waals surface area contributed by atoms with Gasteiger partial charge in [-0.1, -0.05) is 18.2 Å². The van der Waals surface area contributed by atoms with Crippen molar-refractivity contribution in [2.45, 2.75) is 12.5 Å². The molecule has 1 aromatic rings. The maximum Gasteiger partial charge on any atom is 0.251 e. The van der Waals surface area contributed by atoms with Crippen LogP contribution < -0.4 is 5.32 Å². The zero-order valence-electron chi connectivity index (χ0n) is 7.09. The van der Waals surface area contributed by atoms with E-state index in [0.717, 1.165) is 5.56 Å². The zero-order valence-corrected chi connectivity index (χ0v) is 7.09. The van der Waals surface area contributed by atoms with Crippen LogP contribution in [0, 0.1) is 0 Å². The second kappa shape index (κ2) is 3.17. The molecule has 1 aromatic carbocycles. The van der Waals surface area contributed by atoms with Gasteiger partial charge in [-0.3, -0.25) is 4.79 Å². The second-order valence-electron chi connectivity index (χ2n) is 3.19. The molecule has 1 aliphatic rings. The van der Waals surface area contributed by atoms with Crippen LogP contribution >= 0.6 is 0 Å². The Morgan fingerprint density at radius 3 is 3.00 bits per heavy atom. The van der Waals surface area contributed by atoms with E-state index in [0.29, 0.717) is 12.0 Å². The van der Waals surface area contributed by atoms with Crippen molar-refractivity contribution in [1.82, 2.24) is 5.32 Å². The van der Waals surface area contributed by atoms with Crippen LogP contribution in [0.15, 0.2) is 24.3 Å². The lowest BCUT2D eigenvalue weighted by Crippen LogP contribution is -2.42. The lowest BCUT2D eigenvalue weighted by atomic mass is 9.96. The predicted octanol–water partition coefficient (Wildman–Crippen LogP) is 1.31. The van der Waals surface area contributed by atoms with Gasteiger partial charge < -0.3 is 5.32 Å². The number of halogens is 1. The minimum Gasteiger partial charge on any atom is -0.346 e. The number of benzene rings is 1. The van der Waals surface area contributed by atoms with Gasteiger partial charge in [-0.15, -0.1) is 0 Å². The van der Waals surface area contributed by atoms with Crippen molar-refractivity contribution in [3.8, 4) is 0 Å². The molecule has 0 unspecified atom stereocenters. The lowest BCUT2D eigenvalue weighted by molar-refractivity contribution is 0.0917. The topological polar surface area (TPSA) is 29.1 Å². The number of carbonyl (C=O) groups is 1. The van der Waals surface area contributed by atoms with Gasteiger partial charge in [0.2, 0.25) is 0 Å². The quantitative estimate of drug-likeness (QED) is 0.692. The van der Waals surface area contributed by atoms with Crippen molar-refractivity contribution in [3.05, 3.63) is 35.4 Å². The van der Waals surface area contributed by atoms with Gasteiger partial charge in [-0.25, -0.2) is 4.39 Å². The first kappa shape index (κ1) is 8.23. The highest BCUT2D eigenvalue weighted by Gasteiger charge is 2.22. The molecule has 1 aliphatic heterocycles. The summed E-state index contributed by atoms with van der Waals surface area (Å²) >= 11 is 0. The molecule has 3 heteroatoms. The van der Waals surface area contributed by atoms with Gasteiger partial charge in [-0.2, -0.15) is 0 Å². The molecular weight excluding hydrogens is 169 g/mol. The molecule has 1 N–H and O–H groups in total. The molecule has 2 rings (SSSR count). The molecule has 2 nitrogen and oxygen atoms in total. The summed E-state index contributed by atoms with van der Waals surface area (Å²) in [4.78, 5) is 11.4. The highest BCUT2D eigenvalue weighted by Crippen LogP contribution is 2.16. The van der Waals surface area contributed by atoms with Crippen LogP contribution in [0.25, 0.3) is 0 Å². The average molecular weight is 179 g/mol. The van der Waals surface area contributed by atoms with Gasteiger partial charge in [0.05, 0.1) is 6.04 Å². The van der Waals surface area contributed by atoms with Crippen molar-refractivity contribution in [1.29, 1.82) is 0 Å². The maximum absolute atomic E-state index is 12.3. The van der Waals surface area contributed by atoms with E-state index >= 15 is 0 Å². The predicted molar refractivity (Wildman–Crippen MR) is 47.4 cm³/mol. The van der Waals surface area contributed by atoms with E-state index in [1.54, 1.807) is 6.07 Å². The van der Waals surface area contributed by atoms with E-state index in [1.165, 1.54) is 0 Å². The van der Waals surface area contributed by atoms with Crippen LogP contribution in [-0.2, 0) is 6.42 Å². The van der Waals surface area contributed by atoms with Gasteiger partial charge in [0.25, 0.3) is 5.91 Å². The summed E-state index contributed by atoms with van der Waals surface area (Å²) in [5.74, 6) is -0.162. The first-order chi connectivity index (χ1) is 6.31. The number of alkyl halides is 1. The molecule has 0 fully saturated rings. The molecule has 1 amide bonds. The molecule has 1 heterocycles. The van der Waals surface area contributed by atoms with E-state index in [2.05, 4.69) is 5.32 Å². The Bertz CT molecular complexity index is 337. The van der Waals surface area contributed by atoms with Crippen molar-refractivity contribution < 1.29 is 9.18 Å². The van der Waals surface area contributed by atoms with Gasteiger partial charge in [0, 0.05) is 5.56 Å². The number of amides is 1. The summed E-state index contributed by atoms with van der Waals surface area (Å²) in [6, 6.07) is 6.97. The standard InChI is InChI=1S/C10H10FNO/c11-6-8-5-7-3-1-2-4-9(7)10(13)12-8/h1-4,8H,5-6H2,(H,12,13)/t8-/m0/s1. The summed E-state index contributed by atoms with van der Waals surface area (Å²) < 4.78 is 12.3. The van der Waals surface area contributed by atoms with Crippen molar-refractivity contribution >= 4 is 5.91 Å². The van der Waals surface area contributed by atoms with Crippen molar-refractivity contribution in [2.75, 3.05) is 6.67 Å². The molecule has 13 heavy (non-hydrogen) atoms. The number of nitrogens with one attached hydrogen (secondary N) is 1. The summed E-state index contributed by atoms with van der Waals surface area (Å²) in [5, 5.41) is 2.61.